The summed E-state index contributed by atoms with van der Waals surface area (Å²) in [4.78, 5) is 44.2. The van der Waals surface area contributed by atoms with Crippen molar-refractivity contribution in [3.05, 3.63) is 71.4 Å². The topological polar surface area (TPSA) is 101 Å². The van der Waals surface area contributed by atoms with Crippen molar-refractivity contribution in [1.82, 2.24) is 15.2 Å². The molecule has 0 spiro atoms. The molecule has 0 saturated carbocycles. The van der Waals surface area contributed by atoms with E-state index in [0.717, 1.165) is 27.7 Å². The fraction of sp³-hybridized carbons (Fsp3) is 0.370. The highest BCUT2D eigenvalue weighted by Crippen LogP contribution is 2.31. The van der Waals surface area contributed by atoms with E-state index in [2.05, 4.69) is 10.3 Å². The Kier molecular flexibility index (Phi) is 6.82. The minimum Gasteiger partial charge on any atom is -0.467 e. The fourth-order valence-corrected chi connectivity index (χ4v) is 4.49. The zero-order chi connectivity index (χ0) is 25.2. The second kappa shape index (κ2) is 9.82. The molecule has 4 rings (SSSR count). The predicted octanol–water partition coefficient (Wildman–Crippen LogP) is 3.73. The molecule has 1 aliphatic heterocycles. The van der Waals surface area contributed by atoms with Crippen LogP contribution in [0.15, 0.2) is 54.6 Å². The summed E-state index contributed by atoms with van der Waals surface area (Å²) in [5, 5.41) is 3.76. The number of esters is 1. The molecule has 0 saturated heterocycles. The SMILES string of the molecule is COC(=O)[C@@H]1Cc2c([nH]c3ccccc23)CN1C(=O)C(Cc1ccccc1)NC(=O)OC(C)(C)C. The van der Waals surface area contributed by atoms with E-state index in [1.165, 1.54) is 12.0 Å². The maximum atomic E-state index is 13.9. The van der Waals surface area contributed by atoms with Gasteiger partial charge in [0, 0.05) is 29.4 Å². The van der Waals surface area contributed by atoms with E-state index in [0.29, 0.717) is 6.42 Å². The second-order valence-corrected chi connectivity index (χ2v) is 9.73. The number of hydrogen-bond acceptors (Lipinski definition) is 5. The number of alkyl carbamates (subject to hydrolysis) is 1. The lowest BCUT2D eigenvalue weighted by Crippen LogP contribution is -2.56. The Morgan fingerprint density at radius 1 is 1.09 bits per heavy atom. The van der Waals surface area contributed by atoms with Gasteiger partial charge in [-0.15, -0.1) is 0 Å². The maximum Gasteiger partial charge on any atom is 0.408 e. The number of amides is 2. The van der Waals surface area contributed by atoms with Gasteiger partial charge in [-0.05, 0) is 38.0 Å². The number of para-hydroxylation sites is 1. The second-order valence-electron chi connectivity index (χ2n) is 9.73. The molecule has 0 fully saturated rings. The molecule has 2 atom stereocenters. The number of nitrogens with one attached hydrogen (secondary N) is 2. The van der Waals surface area contributed by atoms with Gasteiger partial charge >= 0.3 is 12.1 Å². The van der Waals surface area contributed by atoms with Crippen LogP contribution >= 0.6 is 0 Å². The minimum absolute atomic E-state index is 0.198. The zero-order valence-electron chi connectivity index (χ0n) is 20.5. The summed E-state index contributed by atoms with van der Waals surface area (Å²) >= 11 is 0. The van der Waals surface area contributed by atoms with Gasteiger partial charge in [-0.25, -0.2) is 9.59 Å². The van der Waals surface area contributed by atoms with E-state index >= 15 is 0 Å². The van der Waals surface area contributed by atoms with Crippen molar-refractivity contribution in [3.63, 3.8) is 0 Å². The Morgan fingerprint density at radius 3 is 2.46 bits per heavy atom. The van der Waals surface area contributed by atoms with Gasteiger partial charge < -0.3 is 24.7 Å². The van der Waals surface area contributed by atoms with Crippen LogP contribution < -0.4 is 5.32 Å². The van der Waals surface area contributed by atoms with Crippen LogP contribution in [-0.4, -0.2) is 52.6 Å². The van der Waals surface area contributed by atoms with Crippen LogP contribution in [-0.2, 0) is 38.4 Å². The molecule has 2 amide bonds. The van der Waals surface area contributed by atoms with Crippen LogP contribution in [0, 0.1) is 0 Å². The van der Waals surface area contributed by atoms with Crippen molar-refractivity contribution < 1.29 is 23.9 Å². The van der Waals surface area contributed by atoms with Crippen LogP contribution in [0.25, 0.3) is 10.9 Å². The van der Waals surface area contributed by atoms with E-state index < -0.39 is 29.7 Å². The van der Waals surface area contributed by atoms with Gasteiger partial charge in [0.25, 0.3) is 0 Å². The quantitative estimate of drug-likeness (QED) is 0.546. The normalized spacial score (nSPS) is 16.3. The van der Waals surface area contributed by atoms with E-state index in [9.17, 15) is 14.4 Å². The molecule has 0 radical (unpaired) electrons. The average molecular weight is 478 g/mol. The van der Waals surface area contributed by atoms with Crippen LogP contribution in [0.5, 0.6) is 0 Å². The van der Waals surface area contributed by atoms with Crippen molar-refractivity contribution in [2.24, 2.45) is 0 Å². The molecule has 184 valence electrons. The highest BCUT2D eigenvalue weighted by atomic mass is 16.6. The smallest absolute Gasteiger partial charge is 0.408 e. The number of carbonyl (C=O) groups is 3. The predicted molar refractivity (Wildman–Crippen MR) is 132 cm³/mol. The summed E-state index contributed by atoms with van der Waals surface area (Å²) in [7, 11) is 1.32. The van der Waals surface area contributed by atoms with E-state index in [4.69, 9.17) is 9.47 Å². The summed E-state index contributed by atoms with van der Waals surface area (Å²) in [5.74, 6) is -0.871. The number of hydrogen-bond donors (Lipinski definition) is 2. The van der Waals surface area contributed by atoms with Crippen molar-refractivity contribution in [2.75, 3.05) is 7.11 Å². The number of carbonyl (C=O) groups excluding carboxylic acids is 3. The Morgan fingerprint density at radius 2 is 1.77 bits per heavy atom. The Labute approximate surface area is 204 Å². The third-order valence-electron chi connectivity index (χ3n) is 6.03. The van der Waals surface area contributed by atoms with Gasteiger partial charge in [0.15, 0.2) is 0 Å². The Balaban J connectivity index is 1.67. The van der Waals surface area contributed by atoms with Gasteiger partial charge in [-0.2, -0.15) is 0 Å². The number of rotatable bonds is 5. The molecule has 1 aliphatic rings. The first-order chi connectivity index (χ1) is 16.7. The first-order valence-electron chi connectivity index (χ1n) is 11.7. The molecule has 0 aliphatic carbocycles. The molecule has 3 aromatic rings. The highest BCUT2D eigenvalue weighted by molar-refractivity contribution is 5.92. The van der Waals surface area contributed by atoms with Crippen LogP contribution in [0.4, 0.5) is 4.79 Å². The summed E-state index contributed by atoms with van der Waals surface area (Å²) in [6.45, 7) is 5.48. The molecular formula is C27H31N3O5. The standard InChI is InChI=1S/C27H31N3O5/c1-27(2,3)35-26(33)29-21(14-17-10-6-5-7-11-17)24(31)30-16-22-19(15-23(30)25(32)34-4)18-12-8-9-13-20(18)28-22/h5-13,21,23,28H,14-16H2,1-4H3,(H,29,33)/t21?,23-/m0/s1. The van der Waals surface area contributed by atoms with Gasteiger partial charge in [-0.1, -0.05) is 48.5 Å². The zero-order valence-corrected chi connectivity index (χ0v) is 20.5. The summed E-state index contributed by atoms with van der Waals surface area (Å²) < 4.78 is 10.5. The molecule has 1 aromatic heterocycles. The number of methoxy groups -OCH3 is 1. The number of aromatic amines is 1. The third-order valence-corrected chi connectivity index (χ3v) is 6.03. The van der Waals surface area contributed by atoms with Crippen LogP contribution in [0.2, 0.25) is 0 Å². The molecule has 0 bridgehead atoms. The van der Waals surface area contributed by atoms with Gasteiger partial charge in [0.05, 0.1) is 13.7 Å². The molecule has 8 heteroatoms. The summed E-state index contributed by atoms with van der Waals surface area (Å²) in [6.07, 6.45) is -0.116. The average Bonchev–Trinajstić information content (AvgIpc) is 3.19. The number of ether oxygens (including phenoxy) is 2. The van der Waals surface area contributed by atoms with Gasteiger partial charge in [-0.3, -0.25) is 4.79 Å². The molecular weight excluding hydrogens is 446 g/mol. The number of benzene rings is 2. The fourth-order valence-electron chi connectivity index (χ4n) is 4.49. The lowest BCUT2D eigenvalue weighted by Gasteiger charge is -2.36. The summed E-state index contributed by atoms with van der Waals surface area (Å²) in [6, 6.07) is 15.5. The van der Waals surface area contributed by atoms with E-state index in [1.54, 1.807) is 20.8 Å². The lowest BCUT2D eigenvalue weighted by atomic mass is 9.95. The van der Waals surface area contributed by atoms with Crippen LogP contribution in [0.3, 0.4) is 0 Å². The van der Waals surface area contributed by atoms with Crippen molar-refractivity contribution >= 4 is 28.9 Å². The third kappa shape index (κ3) is 5.48. The van der Waals surface area contributed by atoms with Crippen molar-refractivity contribution in [3.8, 4) is 0 Å². The van der Waals surface area contributed by atoms with Gasteiger partial charge in [0.1, 0.15) is 17.7 Å². The molecule has 1 unspecified atom stereocenters. The monoisotopic (exact) mass is 477 g/mol. The number of H-pyrrole nitrogens is 1. The Hall–Kier alpha value is -3.81. The lowest BCUT2D eigenvalue weighted by molar-refractivity contribution is -0.154. The summed E-state index contributed by atoms with van der Waals surface area (Å²) in [5.41, 5.74) is 2.97. The molecule has 8 nitrogen and oxygen atoms in total. The largest absolute Gasteiger partial charge is 0.467 e. The molecule has 2 N–H and O–H groups in total. The first kappa shape index (κ1) is 24.3. The maximum absolute atomic E-state index is 13.9. The van der Waals surface area contributed by atoms with Crippen molar-refractivity contribution in [1.29, 1.82) is 0 Å². The Bertz CT molecular complexity index is 1230. The number of aromatic nitrogens is 1. The van der Waals surface area contributed by atoms with Crippen molar-refractivity contribution in [2.45, 2.75) is 57.8 Å². The van der Waals surface area contributed by atoms with E-state index in [-0.39, 0.29) is 18.9 Å². The molecule has 2 heterocycles. The van der Waals surface area contributed by atoms with Gasteiger partial charge in [0.2, 0.25) is 5.91 Å². The molecule has 2 aromatic carbocycles. The number of nitrogens with zero attached hydrogens (tertiary/aromatic N) is 1. The molecule has 35 heavy (non-hydrogen) atoms. The first-order valence-corrected chi connectivity index (χ1v) is 11.7. The highest BCUT2D eigenvalue weighted by Gasteiger charge is 2.40. The van der Waals surface area contributed by atoms with Crippen LogP contribution in [0.1, 0.15) is 37.6 Å². The van der Waals surface area contributed by atoms with E-state index in [1.807, 2.05) is 54.6 Å². The minimum atomic E-state index is -0.926. The number of fused-ring (bicyclic) bond motifs is 3.